The average Bonchev–Trinajstić information content (AvgIpc) is 3.08. The van der Waals surface area contributed by atoms with Gasteiger partial charge in [0, 0.05) is 12.7 Å². The van der Waals surface area contributed by atoms with E-state index in [0.29, 0.717) is 29.8 Å². The molecule has 1 aliphatic heterocycles. The molecule has 7 nitrogen and oxygen atoms in total. The second kappa shape index (κ2) is 9.49. The van der Waals surface area contributed by atoms with Gasteiger partial charge in [0.25, 0.3) is 17.6 Å². The van der Waals surface area contributed by atoms with Gasteiger partial charge in [0.1, 0.15) is 17.6 Å². The van der Waals surface area contributed by atoms with E-state index in [1.54, 1.807) is 19.1 Å². The molecular weight excluding hydrogens is 489 g/mol. The molecule has 2 aliphatic carbocycles. The number of thiocarbonyl (C=S) groups is 1. The van der Waals surface area contributed by atoms with E-state index in [2.05, 4.69) is 15.1 Å². The minimum Gasteiger partial charge on any atom is -0.360 e. The summed E-state index contributed by atoms with van der Waals surface area (Å²) in [6, 6.07) is 6.19. The van der Waals surface area contributed by atoms with Gasteiger partial charge in [0.2, 0.25) is 0 Å². The zero-order valence-corrected chi connectivity index (χ0v) is 22.0. The Morgan fingerprint density at radius 2 is 1.86 bits per heavy atom. The number of benzene rings is 1. The molecule has 1 N–H and O–H groups in total. The van der Waals surface area contributed by atoms with Crippen LogP contribution in [0.1, 0.15) is 73.7 Å². The molecule has 2 heterocycles. The van der Waals surface area contributed by atoms with Gasteiger partial charge in [-0.1, -0.05) is 32.3 Å². The molecule has 1 aromatic heterocycles. The van der Waals surface area contributed by atoms with Crippen molar-refractivity contribution in [1.29, 1.82) is 0 Å². The van der Waals surface area contributed by atoms with Gasteiger partial charge in [-0.3, -0.25) is 14.5 Å². The fourth-order valence-electron chi connectivity index (χ4n) is 6.67. The third kappa shape index (κ3) is 4.08. The van der Waals surface area contributed by atoms with Crippen LogP contribution in [0, 0.1) is 24.7 Å². The molecule has 9 heteroatoms. The number of carbonyl (C=O) groups is 2. The predicted molar refractivity (Wildman–Crippen MR) is 144 cm³/mol. The van der Waals surface area contributed by atoms with Crippen LogP contribution < -0.4 is 15.1 Å². The summed E-state index contributed by atoms with van der Waals surface area (Å²) in [5, 5.41) is 2.72. The van der Waals surface area contributed by atoms with Crippen molar-refractivity contribution in [2.24, 2.45) is 5.41 Å². The first-order valence-corrected chi connectivity index (χ1v) is 13.2. The molecule has 37 heavy (non-hydrogen) atoms. The SMILES string of the molecule is [C-]#[N+]c1ncc(N2C(=O)C3(CCCC4(CCCCC4)C3)N(c3ccc(C(=O)NC)c(F)c3)C2=S)cc1C. The smallest absolute Gasteiger partial charge is 0.272 e. The van der Waals surface area contributed by atoms with E-state index in [-0.39, 0.29) is 27.8 Å². The maximum absolute atomic E-state index is 15.2. The van der Waals surface area contributed by atoms with Crippen LogP contribution in [-0.2, 0) is 4.79 Å². The Morgan fingerprint density at radius 3 is 2.51 bits per heavy atom. The average molecular weight is 520 g/mol. The van der Waals surface area contributed by atoms with E-state index in [4.69, 9.17) is 18.8 Å². The van der Waals surface area contributed by atoms with Crippen molar-refractivity contribution in [3.63, 3.8) is 0 Å². The maximum Gasteiger partial charge on any atom is 0.272 e. The summed E-state index contributed by atoms with van der Waals surface area (Å²) >= 11 is 5.94. The highest BCUT2D eigenvalue weighted by Crippen LogP contribution is 2.55. The molecule has 2 spiro atoms. The van der Waals surface area contributed by atoms with E-state index in [1.165, 1.54) is 36.7 Å². The van der Waals surface area contributed by atoms with E-state index >= 15 is 4.39 Å². The van der Waals surface area contributed by atoms with Crippen LogP contribution in [0.3, 0.4) is 0 Å². The minimum absolute atomic E-state index is 0.0543. The van der Waals surface area contributed by atoms with Crippen molar-refractivity contribution in [2.75, 3.05) is 16.8 Å². The van der Waals surface area contributed by atoms with Crippen LogP contribution in [0.2, 0.25) is 0 Å². The Morgan fingerprint density at radius 1 is 1.14 bits per heavy atom. The number of hydrogen-bond acceptors (Lipinski definition) is 4. The van der Waals surface area contributed by atoms with Gasteiger partial charge in [-0.25, -0.2) is 4.39 Å². The zero-order chi connectivity index (χ0) is 26.4. The number of rotatable bonds is 3. The number of pyridine rings is 1. The summed E-state index contributed by atoms with van der Waals surface area (Å²) in [7, 11) is 1.46. The lowest BCUT2D eigenvalue weighted by molar-refractivity contribution is -0.124. The predicted octanol–water partition coefficient (Wildman–Crippen LogP) is 5.84. The number of carbonyl (C=O) groups excluding carboxylic acids is 2. The molecule has 1 atom stereocenters. The highest BCUT2D eigenvalue weighted by atomic mass is 32.1. The number of hydrogen-bond donors (Lipinski definition) is 1. The topological polar surface area (TPSA) is 69.9 Å². The lowest BCUT2D eigenvalue weighted by Gasteiger charge is -2.50. The molecule has 2 aromatic rings. The van der Waals surface area contributed by atoms with E-state index < -0.39 is 17.3 Å². The Balaban J connectivity index is 1.64. The molecule has 192 valence electrons. The first kappa shape index (κ1) is 25.3. The Hall–Kier alpha value is -3.38. The van der Waals surface area contributed by atoms with Crippen molar-refractivity contribution >= 4 is 46.3 Å². The lowest BCUT2D eigenvalue weighted by Crippen LogP contribution is -2.56. The molecule has 2 amide bonds. The summed E-state index contributed by atoms with van der Waals surface area (Å²) < 4.78 is 15.2. The van der Waals surface area contributed by atoms with E-state index in [9.17, 15) is 9.59 Å². The van der Waals surface area contributed by atoms with Crippen molar-refractivity contribution in [3.05, 3.63) is 58.8 Å². The highest BCUT2D eigenvalue weighted by Gasteiger charge is 2.60. The van der Waals surface area contributed by atoms with Gasteiger partial charge in [-0.2, -0.15) is 0 Å². The number of amides is 2. The van der Waals surface area contributed by atoms with Crippen LogP contribution >= 0.6 is 12.2 Å². The first-order chi connectivity index (χ1) is 17.7. The van der Waals surface area contributed by atoms with Crippen molar-refractivity contribution in [2.45, 2.75) is 70.3 Å². The highest BCUT2D eigenvalue weighted by molar-refractivity contribution is 7.81. The normalized spacial score (nSPS) is 23.0. The first-order valence-electron chi connectivity index (χ1n) is 12.8. The Bertz CT molecular complexity index is 1330. The molecule has 0 bridgehead atoms. The van der Waals surface area contributed by atoms with Crippen LogP contribution in [0.25, 0.3) is 4.85 Å². The van der Waals surface area contributed by atoms with Gasteiger partial charge < -0.3 is 15.1 Å². The fraction of sp³-hybridized carbons (Fsp3) is 0.464. The number of aromatic nitrogens is 1. The monoisotopic (exact) mass is 519 g/mol. The van der Waals surface area contributed by atoms with E-state index in [1.807, 2.05) is 4.90 Å². The second-order valence-corrected chi connectivity index (χ2v) is 10.9. The van der Waals surface area contributed by atoms with Crippen LogP contribution in [0.15, 0.2) is 30.5 Å². The summed E-state index contributed by atoms with van der Waals surface area (Å²) in [5.74, 6) is -1.03. The largest absolute Gasteiger partial charge is 0.360 e. The number of anilines is 2. The van der Waals surface area contributed by atoms with Gasteiger partial charge in [0.15, 0.2) is 5.11 Å². The summed E-state index contributed by atoms with van der Waals surface area (Å²) in [6.45, 7) is 9.10. The molecule has 2 saturated carbocycles. The number of halogens is 1. The van der Waals surface area contributed by atoms with Crippen LogP contribution in [0.4, 0.5) is 21.6 Å². The molecule has 0 radical (unpaired) electrons. The third-order valence-electron chi connectivity index (χ3n) is 8.37. The van der Waals surface area contributed by atoms with Gasteiger partial charge in [-0.15, -0.1) is 4.98 Å². The minimum atomic E-state index is -0.944. The quantitative estimate of drug-likeness (QED) is 0.408. The molecule has 5 rings (SSSR count). The summed E-state index contributed by atoms with van der Waals surface area (Å²) in [5.41, 5.74) is 0.673. The second-order valence-electron chi connectivity index (χ2n) is 10.6. The van der Waals surface area contributed by atoms with Crippen molar-refractivity contribution < 1.29 is 14.0 Å². The summed E-state index contributed by atoms with van der Waals surface area (Å²) in [4.78, 5) is 37.6. The Labute approximate surface area is 221 Å². The zero-order valence-electron chi connectivity index (χ0n) is 21.1. The fourth-order valence-corrected chi connectivity index (χ4v) is 7.14. The van der Waals surface area contributed by atoms with Crippen LogP contribution in [0.5, 0.6) is 0 Å². The number of aryl methyl sites for hydroxylation is 1. The molecule has 1 unspecified atom stereocenters. The van der Waals surface area contributed by atoms with Crippen molar-refractivity contribution in [3.8, 4) is 0 Å². The maximum atomic E-state index is 15.2. The van der Waals surface area contributed by atoms with Crippen LogP contribution in [-0.4, -0.2) is 34.5 Å². The molecule has 3 fully saturated rings. The molecular formula is C28H30FN5O2S. The lowest BCUT2D eigenvalue weighted by atomic mass is 9.59. The van der Waals surface area contributed by atoms with Gasteiger partial charge in [0.05, 0.1) is 11.3 Å². The third-order valence-corrected chi connectivity index (χ3v) is 8.74. The Kier molecular flexibility index (Phi) is 6.48. The molecule has 3 aliphatic rings. The van der Waals surface area contributed by atoms with Crippen molar-refractivity contribution in [1.82, 2.24) is 10.3 Å². The van der Waals surface area contributed by atoms with Gasteiger partial charge in [-0.05, 0) is 86.5 Å². The molecule has 1 saturated heterocycles. The number of nitrogens with one attached hydrogen (secondary N) is 1. The number of nitrogens with zero attached hydrogens (tertiary/aromatic N) is 4. The standard InChI is InChI=1S/C28H30FN5O2S/c1-18-14-20(16-32-23(18)30-2)33-25(36)28(13-7-12-27(17-28)10-5-4-6-11-27)34(26(33)37)19-8-9-21(22(29)15-19)24(35)31-3/h8-9,14-16H,4-7,10-13,17H2,1,3H3,(H,31,35). The summed E-state index contributed by atoms with van der Waals surface area (Å²) in [6.07, 6.45) is 10.4. The van der Waals surface area contributed by atoms with E-state index in [0.717, 1.165) is 38.5 Å². The van der Waals surface area contributed by atoms with Gasteiger partial charge >= 0.3 is 0 Å². The molecule has 1 aromatic carbocycles.